The molecule has 2 nitrogen and oxygen atoms in total. The zero-order valence-electron chi connectivity index (χ0n) is 16.9. The van der Waals surface area contributed by atoms with E-state index in [0.29, 0.717) is 5.92 Å². The van der Waals surface area contributed by atoms with Gasteiger partial charge in [-0.3, -0.25) is 0 Å². The van der Waals surface area contributed by atoms with E-state index in [2.05, 4.69) is 126 Å². The number of hydrogen-bond donors (Lipinski definition) is 2. The highest BCUT2D eigenvalue weighted by atomic mass is 15.0. The Morgan fingerprint density at radius 2 is 1.23 bits per heavy atom. The predicted molar refractivity (Wildman–Crippen MR) is 126 cm³/mol. The van der Waals surface area contributed by atoms with Crippen molar-refractivity contribution in [2.45, 2.75) is 24.4 Å². The van der Waals surface area contributed by atoms with Crippen LogP contribution in [0.3, 0.4) is 0 Å². The first-order chi connectivity index (χ1) is 14.9. The Bertz CT molecular complexity index is 1080. The highest BCUT2D eigenvalue weighted by Gasteiger charge is 2.37. The number of anilines is 2. The van der Waals surface area contributed by atoms with Gasteiger partial charge in [0.2, 0.25) is 0 Å². The first-order valence-electron chi connectivity index (χ1n) is 10.6. The second-order valence-electron chi connectivity index (χ2n) is 7.95. The Labute approximate surface area is 178 Å². The van der Waals surface area contributed by atoms with Crippen LogP contribution in [-0.2, 0) is 6.42 Å². The first-order valence-corrected chi connectivity index (χ1v) is 10.6. The summed E-state index contributed by atoms with van der Waals surface area (Å²) in [6.07, 6.45) is 0.974. The Hall–Kier alpha value is -3.52. The van der Waals surface area contributed by atoms with E-state index < -0.39 is 0 Å². The minimum atomic E-state index is 0.181. The predicted octanol–water partition coefficient (Wildman–Crippen LogP) is 6.66. The van der Waals surface area contributed by atoms with Crippen LogP contribution in [0.25, 0.3) is 0 Å². The minimum Gasteiger partial charge on any atom is -0.381 e. The molecule has 1 heterocycles. The van der Waals surface area contributed by atoms with Crippen LogP contribution in [0.5, 0.6) is 0 Å². The van der Waals surface area contributed by atoms with E-state index in [9.17, 15) is 0 Å². The molecule has 30 heavy (non-hydrogen) atoms. The van der Waals surface area contributed by atoms with E-state index in [1.54, 1.807) is 0 Å². The lowest BCUT2D eigenvalue weighted by atomic mass is 9.76. The van der Waals surface area contributed by atoms with Gasteiger partial charge in [-0.05, 0) is 41.3 Å². The summed E-state index contributed by atoms with van der Waals surface area (Å²) >= 11 is 0. The minimum absolute atomic E-state index is 0.181. The Morgan fingerprint density at radius 1 is 0.633 bits per heavy atom. The highest BCUT2D eigenvalue weighted by Crippen LogP contribution is 2.45. The van der Waals surface area contributed by atoms with E-state index in [4.69, 9.17) is 0 Å². The number of rotatable bonds is 5. The molecule has 4 aromatic carbocycles. The van der Waals surface area contributed by atoms with E-state index in [1.165, 1.54) is 22.4 Å². The monoisotopic (exact) mass is 390 g/mol. The molecule has 0 amide bonds. The van der Waals surface area contributed by atoms with Gasteiger partial charge in [0.05, 0.1) is 6.04 Å². The van der Waals surface area contributed by atoms with Crippen molar-refractivity contribution in [3.8, 4) is 0 Å². The second kappa shape index (κ2) is 8.46. The summed E-state index contributed by atoms with van der Waals surface area (Å²) < 4.78 is 0. The number of fused-ring (bicyclic) bond motifs is 1. The maximum atomic E-state index is 3.87. The van der Waals surface area contributed by atoms with Gasteiger partial charge in [-0.15, -0.1) is 0 Å². The van der Waals surface area contributed by atoms with Crippen molar-refractivity contribution in [1.29, 1.82) is 0 Å². The van der Waals surface area contributed by atoms with E-state index in [1.807, 2.05) is 0 Å². The maximum Gasteiger partial charge on any atom is 0.0622 e. The molecule has 0 saturated carbocycles. The molecule has 2 N–H and O–H groups in total. The molecule has 0 bridgehead atoms. The zero-order valence-corrected chi connectivity index (χ0v) is 16.9. The molecule has 0 aliphatic carbocycles. The van der Waals surface area contributed by atoms with Crippen molar-refractivity contribution < 1.29 is 0 Å². The van der Waals surface area contributed by atoms with Crippen LogP contribution in [-0.4, -0.2) is 6.04 Å². The molecule has 5 rings (SSSR count). The van der Waals surface area contributed by atoms with E-state index in [-0.39, 0.29) is 12.1 Å². The van der Waals surface area contributed by atoms with E-state index in [0.717, 1.165) is 12.1 Å². The van der Waals surface area contributed by atoms with Crippen LogP contribution in [0.1, 0.15) is 28.7 Å². The number of para-hydroxylation sites is 2. The van der Waals surface area contributed by atoms with E-state index >= 15 is 0 Å². The smallest absolute Gasteiger partial charge is 0.0622 e. The Balaban J connectivity index is 1.60. The van der Waals surface area contributed by atoms with Crippen LogP contribution in [0, 0.1) is 0 Å². The molecule has 2 heteroatoms. The molecule has 3 unspecified atom stereocenters. The molecular weight excluding hydrogens is 364 g/mol. The van der Waals surface area contributed by atoms with Gasteiger partial charge in [-0.1, -0.05) is 97.1 Å². The fourth-order valence-electron chi connectivity index (χ4n) is 4.64. The summed E-state index contributed by atoms with van der Waals surface area (Å²) in [5.74, 6) is 0.293. The van der Waals surface area contributed by atoms with Crippen LogP contribution >= 0.6 is 0 Å². The average molecular weight is 391 g/mol. The van der Waals surface area contributed by atoms with Gasteiger partial charge in [0.15, 0.2) is 0 Å². The lowest BCUT2D eigenvalue weighted by Crippen LogP contribution is -2.40. The van der Waals surface area contributed by atoms with Gasteiger partial charge in [0.1, 0.15) is 0 Å². The lowest BCUT2D eigenvalue weighted by Gasteiger charge is -2.42. The normalized spacial score (nSPS) is 20.1. The lowest BCUT2D eigenvalue weighted by molar-refractivity contribution is 0.479. The van der Waals surface area contributed by atoms with Crippen molar-refractivity contribution in [3.63, 3.8) is 0 Å². The maximum absolute atomic E-state index is 3.87. The summed E-state index contributed by atoms with van der Waals surface area (Å²) in [5, 5.41) is 7.73. The van der Waals surface area contributed by atoms with Crippen molar-refractivity contribution in [3.05, 3.63) is 132 Å². The molecule has 1 aliphatic rings. The SMILES string of the molecule is c1ccc(CC2Nc3ccccc3C(Nc3ccccc3)C2c2ccccc2)cc1. The summed E-state index contributed by atoms with van der Waals surface area (Å²) in [6.45, 7) is 0. The third-order valence-corrected chi connectivity index (χ3v) is 6.01. The van der Waals surface area contributed by atoms with Gasteiger partial charge >= 0.3 is 0 Å². The van der Waals surface area contributed by atoms with Gasteiger partial charge in [-0.2, -0.15) is 0 Å². The van der Waals surface area contributed by atoms with Crippen LogP contribution in [0.2, 0.25) is 0 Å². The standard InChI is InChI=1S/C28H26N2/c1-4-12-21(13-5-1)20-26-27(22-14-6-2-7-15-22)28(29-23-16-8-3-9-17-23)24-18-10-11-19-25(24)30-26/h1-19,26-30H,20H2. The molecule has 0 aromatic heterocycles. The van der Waals surface area contributed by atoms with Crippen molar-refractivity contribution in [1.82, 2.24) is 0 Å². The van der Waals surface area contributed by atoms with Crippen LogP contribution in [0.15, 0.2) is 115 Å². The Kier molecular flexibility index (Phi) is 5.22. The number of hydrogen-bond acceptors (Lipinski definition) is 2. The largest absolute Gasteiger partial charge is 0.381 e. The van der Waals surface area contributed by atoms with Crippen molar-refractivity contribution in [2.24, 2.45) is 0 Å². The third-order valence-electron chi connectivity index (χ3n) is 6.01. The molecule has 0 radical (unpaired) electrons. The summed E-state index contributed by atoms with van der Waals surface area (Å²) in [6, 6.07) is 41.4. The quantitative estimate of drug-likeness (QED) is 0.398. The molecule has 0 fully saturated rings. The molecule has 0 spiro atoms. The molecule has 148 valence electrons. The highest BCUT2D eigenvalue weighted by molar-refractivity contribution is 5.61. The van der Waals surface area contributed by atoms with Gasteiger partial charge in [-0.25, -0.2) is 0 Å². The fraction of sp³-hybridized carbons (Fsp3) is 0.143. The molecule has 0 saturated heterocycles. The topological polar surface area (TPSA) is 24.1 Å². The van der Waals surface area contributed by atoms with Crippen LogP contribution < -0.4 is 10.6 Å². The fourth-order valence-corrected chi connectivity index (χ4v) is 4.64. The molecule has 3 atom stereocenters. The number of nitrogens with one attached hydrogen (secondary N) is 2. The van der Waals surface area contributed by atoms with Crippen molar-refractivity contribution >= 4 is 11.4 Å². The van der Waals surface area contributed by atoms with Gasteiger partial charge in [0.25, 0.3) is 0 Å². The zero-order chi connectivity index (χ0) is 20.2. The third kappa shape index (κ3) is 3.81. The summed E-state index contributed by atoms with van der Waals surface area (Å²) in [4.78, 5) is 0. The van der Waals surface area contributed by atoms with Crippen LogP contribution in [0.4, 0.5) is 11.4 Å². The molecular formula is C28H26N2. The molecule has 1 aliphatic heterocycles. The summed E-state index contributed by atoms with van der Waals surface area (Å²) in [7, 11) is 0. The first kappa shape index (κ1) is 18.5. The second-order valence-corrected chi connectivity index (χ2v) is 7.95. The molecule has 4 aromatic rings. The number of benzene rings is 4. The van der Waals surface area contributed by atoms with Crippen molar-refractivity contribution in [2.75, 3.05) is 10.6 Å². The average Bonchev–Trinajstić information content (AvgIpc) is 2.81. The van der Waals surface area contributed by atoms with Gasteiger partial charge < -0.3 is 10.6 Å². The summed E-state index contributed by atoms with van der Waals surface area (Å²) in [5.41, 5.74) is 6.40. The Morgan fingerprint density at radius 3 is 1.97 bits per heavy atom. The van der Waals surface area contributed by atoms with Gasteiger partial charge in [0, 0.05) is 23.3 Å².